The molecule has 0 bridgehead atoms. The van der Waals surface area contributed by atoms with Crippen LogP contribution in [-0.2, 0) is 0 Å². The Balaban J connectivity index is 2.32. The fraction of sp³-hybridized carbons (Fsp3) is 0.357. The topological polar surface area (TPSA) is 24.9 Å². The van der Waals surface area contributed by atoms with Gasteiger partial charge >= 0.3 is 0 Å². The van der Waals surface area contributed by atoms with Gasteiger partial charge in [0.05, 0.1) is 5.52 Å². The smallest absolute Gasteiger partial charge is 0.0702 e. The molecule has 0 saturated heterocycles. The maximum Gasteiger partial charge on any atom is 0.0702 e. The van der Waals surface area contributed by atoms with E-state index in [1.807, 2.05) is 24.0 Å². The van der Waals surface area contributed by atoms with E-state index >= 15 is 0 Å². The zero-order valence-corrected chi connectivity index (χ0v) is 11.1. The number of pyridine rings is 1. The highest BCUT2D eigenvalue weighted by molar-refractivity contribution is 7.98. The van der Waals surface area contributed by atoms with Crippen molar-refractivity contribution >= 4 is 22.7 Å². The lowest BCUT2D eigenvalue weighted by atomic mass is 10.1. The molecule has 2 rings (SSSR count). The molecule has 1 unspecified atom stereocenters. The Bertz CT molecular complexity index is 478. The van der Waals surface area contributed by atoms with Crippen LogP contribution in [-0.4, -0.2) is 23.5 Å². The van der Waals surface area contributed by atoms with Gasteiger partial charge in [-0.25, -0.2) is 0 Å². The number of thioether (sulfide) groups is 1. The Hall–Kier alpha value is -1.06. The van der Waals surface area contributed by atoms with Crippen molar-refractivity contribution < 1.29 is 0 Å². The van der Waals surface area contributed by atoms with Gasteiger partial charge in [-0.1, -0.05) is 25.1 Å². The number of nitrogens with zero attached hydrogens (tertiary/aromatic N) is 1. The van der Waals surface area contributed by atoms with Gasteiger partial charge in [-0.15, -0.1) is 0 Å². The second-order valence-electron chi connectivity index (χ2n) is 4.03. The third-order valence-corrected chi connectivity index (χ3v) is 3.46. The summed E-state index contributed by atoms with van der Waals surface area (Å²) >= 11 is 1.86. The Morgan fingerprint density at radius 2 is 2.18 bits per heavy atom. The Morgan fingerprint density at radius 3 is 2.94 bits per heavy atom. The van der Waals surface area contributed by atoms with E-state index in [0.717, 1.165) is 17.8 Å². The largest absolute Gasteiger partial charge is 0.309 e. The highest BCUT2D eigenvalue weighted by Crippen LogP contribution is 2.20. The lowest BCUT2D eigenvalue weighted by Crippen LogP contribution is -2.23. The first-order chi connectivity index (χ1) is 8.35. The van der Waals surface area contributed by atoms with Crippen LogP contribution in [0, 0.1) is 0 Å². The molecule has 0 fully saturated rings. The average Bonchev–Trinajstić information content (AvgIpc) is 2.38. The molecular weight excluding hydrogens is 228 g/mol. The van der Waals surface area contributed by atoms with Crippen LogP contribution >= 0.6 is 11.8 Å². The minimum absolute atomic E-state index is 0.395. The van der Waals surface area contributed by atoms with Crippen LogP contribution in [0.15, 0.2) is 36.5 Å². The van der Waals surface area contributed by atoms with Crippen LogP contribution < -0.4 is 5.32 Å². The molecule has 0 amide bonds. The molecule has 0 aliphatic rings. The van der Waals surface area contributed by atoms with E-state index in [1.54, 1.807) is 0 Å². The van der Waals surface area contributed by atoms with Crippen LogP contribution in [0.25, 0.3) is 10.9 Å². The van der Waals surface area contributed by atoms with Gasteiger partial charge in [-0.05, 0) is 30.5 Å². The number of nitrogens with one attached hydrogen (secondary N) is 1. The minimum Gasteiger partial charge on any atom is -0.309 e. The molecule has 0 spiro atoms. The molecule has 1 aromatic carbocycles. The summed E-state index contributed by atoms with van der Waals surface area (Å²) in [6.45, 7) is 3.12. The van der Waals surface area contributed by atoms with E-state index in [0.29, 0.717) is 6.04 Å². The van der Waals surface area contributed by atoms with Gasteiger partial charge < -0.3 is 5.32 Å². The summed E-state index contributed by atoms with van der Waals surface area (Å²) in [7, 11) is 0. The Morgan fingerprint density at radius 1 is 1.35 bits per heavy atom. The fourth-order valence-corrected chi connectivity index (χ4v) is 2.61. The average molecular weight is 246 g/mol. The first-order valence-corrected chi connectivity index (χ1v) is 7.31. The molecule has 0 radical (unpaired) electrons. The van der Waals surface area contributed by atoms with E-state index in [2.05, 4.69) is 47.7 Å². The van der Waals surface area contributed by atoms with Gasteiger partial charge in [0.2, 0.25) is 0 Å². The van der Waals surface area contributed by atoms with Crippen LogP contribution in [0.2, 0.25) is 0 Å². The number of rotatable bonds is 5. The monoisotopic (exact) mass is 246 g/mol. The third kappa shape index (κ3) is 2.99. The van der Waals surface area contributed by atoms with Gasteiger partial charge in [-0.2, -0.15) is 11.8 Å². The maximum absolute atomic E-state index is 4.52. The first-order valence-electron chi connectivity index (χ1n) is 5.92. The Labute approximate surface area is 107 Å². The molecule has 0 aliphatic heterocycles. The summed E-state index contributed by atoms with van der Waals surface area (Å²) in [4.78, 5) is 4.52. The van der Waals surface area contributed by atoms with Crippen LogP contribution in [0.3, 0.4) is 0 Å². The van der Waals surface area contributed by atoms with Crippen LogP contribution in [0.5, 0.6) is 0 Å². The first kappa shape index (κ1) is 12.4. The summed E-state index contributed by atoms with van der Waals surface area (Å²) in [6, 6.07) is 10.9. The lowest BCUT2D eigenvalue weighted by molar-refractivity contribution is 0.605. The molecule has 2 aromatic rings. The number of benzene rings is 1. The summed E-state index contributed by atoms with van der Waals surface area (Å²) < 4.78 is 0. The van der Waals surface area contributed by atoms with Crippen molar-refractivity contribution in [2.45, 2.75) is 13.0 Å². The molecule has 3 heteroatoms. The van der Waals surface area contributed by atoms with Crippen LogP contribution in [0.1, 0.15) is 18.5 Å². The SMILES string of the molecule is CCNC(CSC)c1cnc2ccccc2c1. The van der Waals surface area contributed by atoms with E-state index in [1.165, 1.54) is 10.9 Å². The standard InChI is InChI=1S/C14H18N2S/c1-3-15-14(10-17-2)12-8-11-6-4-5-7-13(11)16-9-12/h4-9,14-15H,3,10H2,1-2H3. The molecule has 1 N–H and O–H groups in total. The van der Waals surface area contributed by atoms with Gasteiger partial charge in [0.15, 0.2) is 0 Å². The van der Waals surface area contributed by atoms with E-state index < -0.39 is 0 Å². The molecular formula is C14H18N2S. The molecule has 2 nitrogen and oxygen atoms in total. The number of fused-ring (bicyclic) bond motifs is 1. The zero-order chi connectivity index (χ0) is 12.1. The second kappa shape index (κ2) is 6.03. The van der Waals surface area contributed by atoms with Crippen molar-refractivity contribution in [3.63, 3.8) is 0 Å². The number of hydrogen-bond acceptors (Lipinski definition) is 3. The molecule has 0 saturated carbocycles. The predicted molar refractivity (Wildman–Crippen MR) is 76.5 cm³/mol. The highest BCUT2D eigenvalue weighted by atomic mass is 32.2. The molecule has 0 aliphatic carbocycles. The van der Waals surface area contributed by atoms with E-state index in [9.17, 15) is 0 Å². The van der Waals surface area contributed by atoms with Crippen molar-refractivity contribution in [1.82, 2.24) is 10.3 Å². The maximum atomic E-state index is 4.52. The van der Waals surface area contributed by atoms with Gasteiger partial charge in [-0.3, -0.25) is 4.98 Å². The zero-order valence-electron chi connectivity index (χ0n) is 10.3. The van der Waals surface area contributed by atoms with E-state index in [-0.39, 0.29) is 0 Å². The quantitative estimate of drug-likeness (QED) is 0.876. The van der Waals surface area contributed by atoms with Crippen molar-refractivity contribution in [2.75, 3.05) is 18.6 Å². The highest BCUT2D eigenvalue weighted by Gasteiger charge is 2.10. The second-order valence-corrected chi connectivity index (χ2v) is 4.94. The summed E-state index contributed by atoms with van der Waals surface area (Å²) in [5.74, 6) is 1.08. The molecule has 1 heterocycles. The number of hydrogen-bond donors (Lipinski definition) is 1. The Kier molecular flexibility index (Phi) is 4.40. The summed E-state index contributed by atoms with van der Waals surface area (Å²) in [6.07, 6.45) is 4.13. The summed E-state index contributed by atoms with van der Waals surface area (Å²) in [5, 5.41) is 4.72. The van der Waals surface area contributed by atoms with Crippen molar-refractivity contribution in [3.8, 4) is 0 Å². The molecule has 17 heavy (non-hydrogen) atoms. The van der Waals surface area contributed by atoms with Gasteiger partial charge in [0.1, 0.15) is 0 Å². The van der Waals surface area contributed by atoms with E-state index in [4.69, 9.17) is 0 Å². The van der Waals surface area contributed by atoms with Crippen molar-refractivity contribution in [1.29, 1.82) is 0 Å². The van der Waals surface area contributed by atoms with Gasteiger partial charge in [0.25, 0.3) is 0 Å². The third-order valence-electron chi connectivity index (χ3n) is 2.80. The van der Waals surface area contributed by atoms with Crippen LogP contribution in [0.4, 0.5) is 0 Å². The normalized spacial score (nSPS) is 12.8. The van der Waals surface area contributed by atoms with Gasteiger partial charge in [0, 0.05) is 23.4 Å². The molecule has 1 aromatic heterocycles. The number of aromatic nitrogens is 1. The minimum atomic E-state index is 0.395. The summed E-state index contributed by atoms with van der Waals surface area (Å²) in [5.41, 5.74) is 2.34. The molecule has 90 valence electrons. The predicted octanol–water partition coefficient (Wildman–Crippen LogP) is 3.25. The van der Waals surface area contributed by atoms with Crippen molar-refractivity contribution in [2.24, 2.45) is 0 Å². The number of para-hydroxylation sites is 1. The lowest BCUT2D eigenvalue weighted by Gasteiger charge is -2.17. The fourth-order valence-electron chi connectivity index (χ4n) is 1.96. The molecule has 1 atom stereocenters. The van der Waals surface area contributed by atoms with Crippen molar-refractivity contribution in [3.05, 3.63) is 42.1 Å².